The number of hydrogen-bond donors (Lipinski definition) is 2. The van der Waals surface area contributed by atoms with Crippen LogP contribution in [0.3, 0.4) is 0 Å². The van der Waals surface area contributed by atoms with Crippen LogP contribution < -0.4 is 11.1 Å². The molecule has 0 aromatic heterocycles. The van der Waals surface area contributed by atoms with Crippen molar-refractivity contribution in [3.63, 3.8) is 0 Å². The van der Waals surface area contributed by atoms with Gasteiger partial charge in [0.1, 0.15) is 0 Å². The Morgan fingerprint density at radius 1 is 1.53 bits per heavy atom. The number of rotatable bonds is 5. The molecule has 1 amide bonds. The topological polar surface area (TPSA) is 58.4 Å². The predicted molar refractivity (Wildman–Crippen MR) is 60.1 cm³/mol. The molecular formula is C11H19N3O. The summed E-state index contributed by atoms with van der Waals surface area (Å²) in [6.45, 7) is 2.70. The van der Waals surface area contributed by atoms with E-state index in [-0.39, 0.29) is 11.9 Å². The molecule has 84 valence electrons. The molecule has 0 spiro atoms. The summed E-state index contributed by atoms with van der Waals surface area (Å²) in [4.78, 5) is 13.7. The van der Waals surface area contributed by atoms with Gasteiger partial charge in [-0.2, -0.15) is 0 Å². The fourth-order valence-corrected chi connectivity index (χ4v) is 1.75. The molecule has 1 fully saturated rings. The molecule has 0 radical (unpaired) electrons. The first-order valence-electron chi connectivity index (χ1n) is 5.42. The Hall–Kier alpha value is -1.05. The fourth-order valence-electron chi connectivity index (χ4n) is 1.75. The normalized spacial score (nSPS) is 17.5. The molecule has 4 nitrogen and oxygen atoms in total. The van der Waals surface area contributed by atoms with Crippen molar-refractivity contribution in [2.24, 2.45) is 5.73 Å². The summed E-state index contributed by atoms with van der Waals surface area (Å²) < 4.78 is 0. The van der Waals surface area contributed by atoms with Crippen LogP contribution in [0.25, 0.3) is 0 Å². The molecule has 1 aliphatic rings. The second kappa shape index (κ2) is 6.44. The number of nitrogens with one attached hydrogen (secondary N) is 1. The van der Waals surface area contributed by atoms with Gasteiger partial charge in [0.2, 0.25) is 5.91 Å². The maximum Gasteiger partial charge on any atom is 0.224 e. The predicted octanol–water partition coefficient (Wildman–Crippen LogP) is -0.451. The van der Waals surface area contributed by atoms with Gasteiger partial charge in [0.15, 0.2) is 0 Å². The maximum absolute atomic E-state index is 11.8. The van der Waals surface area contributed by atoms with Gasteiger partial charge in [-0.15, -0.1) is 6.42 Å². The summed E-state index contributed by atoms with van der Waals surface area (Å²) in [6.07, 6.45) is 7.84. The molecule has 3 N–H and O–H groups in total. The summed E-state index contributed by atoms with van der Waals surface area (Å²) in [5.74, 6) is 2.67. The molecule has 1 aliphatic heterocycles. The van der Waals surface area contributed by atoms with Gasteiger partial charge >= 0.3 is 0 Å². The van der Waals surface area contributed by atoms with E-state index < -0.39 is 0 Å². The molecule has 1 unspecified atom stereocenters. The third-order valence-corrected chi connectivity index (χ3v) is 2.66. The molecule has 0 aliphatic carbocycles. The van der Waals surface area contributed by atoms with E-state index in [4.69, 9.17) is 12.2 Å². The SMILES string of the molecule is C#CCNC(CN)CC(=O)N1CCCC1. The lowest BCUT2D eigenvalue weighted by molar-refractivity contribution is -0.130. The molecule has 4 heteroatoms. The summed E-state index contributed by atoms with van der Waals surface area (Å²) in [5.41, 5.74) is 5.56. The van der Waals surface area contributed by atoms with Crippen LogP contribution in [-0.4, -0.2) is 43.0 Å². The van der Waals surface area contributed by atoms with Crippen LogP contribution >= 0.6 is 0 Å². The largest absolute Gasteiger partial charge is 0.343 e. The average molecular weight is 209 g/mol. The van der Waals surface area contributed by atoms with E-state index >= 15 is 0 Å². The van der Waals surface area contributed by atoms with Gasteiger partial charge in [-0.3, -0.25) is 4.79 Å². The van der Waals surface area contributed by atoms with Crippen LogP contribution in [0.4, 0.5) is 0 Å². The number of carbonyl (C=O) groups excluding carboxylic acids is 1. The fraction of sp³-hybridized carbons (Fsp3) is 0.727. The van der Waals surface area contributed by atoms with Gasteiger partial charge in [-0.05, 0) is 12.8 Å². The first-order chi connectivity index (χ1) is 7.27. The Morgan fingerprint density at radius 2 is 2.20 bits per heavy atom. The van der Waals surface area contributed by atoms with Crippen LogP contribution in [0.2, 0.25) is 0 Å². The van der Waals surface area contributed by atoms with Crippen LogP contribution in [0.15, 0.2) is 0 Å². The lowest BCUT2D eigenvalue weighted by Crippen LogP contribution is -2.41. The van der Waals surface area contributed by atoms with Gasteiger partial charge in [0.05, 0.1) is 6.54 Å². The van der Waals surface area contributed by atoms with Gasteiger partial charge in [-0.25, -0.2) is 0 Å². The van der Waals surface area contributed by atoms with E-state index in [0.717, 1.165) is 25.9 Å². The van der Waals surface area contributed by atoms with Gasteiger partial charge in [0, 0.05) is 32.1 Å². The first-order valence-corrected chi connectivity index (χ1v) is 5.42. The molecule has 1 saturated heterocycles. The Bertz CT molecular complexity index is 241. The molecule has 1 heterocycles. The summed E-state index contributed by atoms with van der Waals surface area (Å²) in [6, 6.07) is 0.00847. The van der Waals surface area contributed by atoms with E-state index in [1.54, 1.807) is 0 Å². The van der Waals surface area contributed by atoms with Crippen molar-refractivity contribution in [3.8, 4) is 12.3 Å². The van der Waals surface area contributed by atoms with Crippen LogP contribution in [0.5, 0.6) is 0 Å². The van der Waals surface area contributed by atoms with Crippen LogP contribution in [0.1, 0.15) is 19.3 Å². The number of nitrogens with zero attached hydrogens (tertiary/aromatic N) is 1. The third-order valence-electron chi connectivity index (χ3n) is 2.66. The Morgan fingerprint density at radius 3 is 2.73 bits per heavy atom. The number of nitrogens with two attached hydrogens (primary N) is 1. The molecule has 0 bridgehead atoms. The van der Waals surface area contributed by atoms with Gasteiger partial charge in [-0.1, -0.05) is 5.92 Å². The van der Waals surface area contributed by atoms with Crippen molar-refractivity contribution in [3.05, 3.63) is 0 Å². The van der Waals surface area contributed by atoms with Crippen LogP contribution in [0, 0.1) is 12.3 Å². The Balaban J connectivity index is 2.30. The average Bonchev–Trinajstić information content (AvgIpc) is 2.77. The van der Waals surface area contributed by atoms with Crippen molar-refractivity contribution in [2.45, 2.75) is 25.3 Å². The van der Waals surface area contributed by atoms with Crippen molar-refractivity contribution >= 4 is 5.91 Å². The van der Waals surface area contributed by atoms with Crippen LogP contribution in [-0.2, 0) is 4.79 Å². The number of hydrogen-bond acceptors (Lipinski definition) is 3. The highest BCUT2D eigenvalue weighted by molar-refractivity contribution is 5.77. The lowest BCUT2D eigenvalue weighted by atomic mass is 10.2. The van der Waals surface area contributed by atoms with Crippen molar-refractivity contribution in [1.29, 1.82) is 0 Å². The Labute approximate surface area is 91.2 Å². The summed E-state index contributed by atoms with van der Waals surface area (Å²) in [7, 11) is 0. The lowest BCUT2D eigenvalue weighted by Gasteiger charge is -2.20. The molecule has 1 atom stereocenters. The monoisotopic (exact) mass is 209 g/mol. The minimum atomic E-state index is 0.00847. The molecule has 15 heavy (non-hydrogen) atoms. The summed E-state index contributed by atoms with van der Waals surface area (Å²) in [5, 5.41) is 3.06. The number of carbonyl (C=O) groups is 1. The molecule has 0 aromatic carbocycles. The highest BCUT2D eigenvalue weighted by Gasteiger charge is 2.20. The van der Waals surface area contributed by atoms with E-state index in [1.165, 1.54) is 0 Å². The molecule has 0 saturated carbocycles. The third kappa shape index (κ3) is 3.90. The van der Waals surface area contributed by atoms with Gasteiger partial charge in [0.25, 0.3) is 0 Å². The van der Waals surface area contributed by atoms with Crippen molar-refractivity contribution in [1.82, 2.24) is 10.2 Å². The van der Waals surface area contributed by atoms with E-state index in [2.05, 4.69) is 11.2 Å². The summed E-state index contributed by atoms with van der Waals surface area (Å²) >= 11 is 0. The highest BCUT2D eigenvalue weighted by atomic mass is 16.2. The van der Waals surface area contributed by atoms with Crippen molar-refractivity contribution < 1.29 is 4.79 Å². The van der Waals surface area contributed by atoms with E-state index in [9.17, 15) is 4.79 Å². The molecule has 0 aromatic rings. The molecule has 1 rings (SSSR count). The van der Waals surface area contributed by atoms with Crippen molar-refractivity contribution in [2.75, 3.05) is 26.2 Å². The Kier molecular flexibility index (Phi) is 5.16. The number of terminal acetylenes is 1. The minimum Gasteiger partial charge on any atom is -0.343 e. The number of amides is 1. The second-order valence-electron chi connectivity index (χ2n) is 3.81. The number of likely N-dealkylation sites (tertiary alicyclic amines) is 1. The zero-order valence-corrected chi connectivity index (χ0v) is 9.04. The van der Waals surface area contributed by atoms with E-state index in [0.29, 0.717) is 19.5 Å². The second-order valence-corrected chi connectivity index (χ2v) is 3.81. The zero-order valence-electron chi connectivity index (χ0n) is 9.04. The smallest absolute Gasteiger partial charge is 0.224 e. The quantitative estimate of drug-likeness (QED) is 0.603. The molecular weight excluding hydrogens is 190 g/mol. The minimum absolute atomic E-state index is 0.00847. The zero-order chi connectivity index (χ0) is 11.1. The highest BCUT2D eigenvalue weighted by Crippen LogP contribution is 2.09. The standard InChI is InChI=1S/C11H19N3O/c1-2-5-13-10(9-12)8-11(15)14-6-3-4-7-14/h1,10,13H,3-9,12H2. The maximum atomic E-state index is 11.8. The van der Waals surface area contributed by atoms with E-state index in [1.807, 2.05) is 4.90 Å². The van der Waals surface area contributed by atoms with Gasteiger partial charge < -0.3 is 16.0 Å². The first kappa shape index (κ1) is 12.0.